The second-order valence-corrected chi connectivity index (χ2v) is 4.55. The van der Waals surface area contributed by atoms with E-state index < -0.39 is 30.1 Å². The molecule has 0 radical (unpaired) electrons. The van der Waals surface area contributed by atoms with Crippen LogP contribution in [0.5, 0.6) is 0 Å². The molecule has 6 heteroatoms. The van der Waals surface area contributed by atoms with Gasteiger partial charge in [-0.05, 0) is 42.0 Å². The van der Waals surface area contributed by atoms with Crippen molar-refractivity contribution in [1.82, 2.24) is 0 Å². The average molecular weight is 317 g/mol. The molecule has 2 rings (SSSR count). The third-order valence-electron chi connectivity index (χ3n) is 2.71. The van der Waals surface area contributed by atoms with Crippen LogP contribution < -0.4 is 5.32 Å². The van der Waals surface area contributed by atoms with Gasteiger partial charge in [0, 0.05) is 11.8 Å². The SMILES string of the molecule is O=C(COC(=O)/C=C/c1cccc(F)c1)Nc1cccc(F)c1. The largest absolute Gasteiger partial charge is 0.452 e. The summed E-state index contributed by atoms with van der Waals surface area (Å²) in [5.41, 5.74) is 0.757. The predicted octanol–water partition coefficient (Wildman–Crippen LogP) is 3.16. The fourth-order valence-corrected chi connectivity index (χ4v) is 1.72. The van der Waals surface area contributed by atoms with E-state index in [0.717, 1.165) is 12.1 Å². The number of ether oxygens (including phenoxy) is 1. The highest BCUT2D eigenvalue weighted by Gasteiger charge is 2.06. The summed E-state index contributed by atoms with van der Waals surface area (Å²) in [6, 6.07) is 11.0. The molecule has 0 saturated heterocycles. The van der Waals surface area contributed by atoms with Gasteiger partial charge >= 0.3 is 5.97 Å². The normalized spacial score (nSPS) is 10.5. The molecule has 0 saturated carbocycles. The number of hydrogen-bond acceptors (Lipinski definition) is 3. The van der Waals surface area contributed by atoms with Crippen LogP contribution in [0, 0.1) is 11.6 Å². The molecule has 0 aliphatic rings. The fraction of sp³-hybridized carbons (Fsp3) is 0.0588. The highest BCUT2D eigenvalue weighted by Crippen LogP contribution is 2.09. The molecule has 0 aromatic heterocycles. The number of anilines is 1. The first-order valence-corrected chi connectivity index (χ1v) is 6.69. The van der Waals surface area contributed by atoms with Crippen LogP contribution in [-0.4, -0.2) is 18.5 Å². The van der Waals surface area contributed by atoms with Crippen LogP contribution in [0.15, 0.2) is 54.6 Å². The van der Waals surface area contributed by atoms with Crippen LogP contribution in [0.25, 0.3) is 6.08 Å². The van der Waals surface area contributed by atoms with E-state index in [2.05, 4.69) is 5.32 Å². The van der Waals surface area contributed by atoms with Gasteiger partial charge in [0.2, 0.25) is 0 Å². The molecule has 1 N–H and O–H groups in total. The third-order valence-corrected chi connectivity index (χ3v) is 2.71. The Morgan fingerprint density at radius 3 is 2.43 bits per heavy atom. The second kappa shape index (κ2) is 7.84. The molecule has 0 aliphatic heterocycles. The molecule has 0 spiro atoms. The Balaban J connectivity index is 1.81. The molecule has 1 amide bonds. The van der Waals surface area contributed by atoms with Gasteiger partial charge in [0.05, 0.1) is 0 Å². The first-order chi connectivity index (χ1) is 11.0. The first-order valence-electron chi connectivity index (χ1n) is 6.69. The summed E-state index contributed by atoms with van der Waals surface area (Å²) in [7, 11) is 0. The maximum absolute atomic E-state index is 13.0. The lowest BCUT2D eigenvalue weighted by atomic mass is 10.2. The summed E-state index contributed by atoms with van der Waals surface area (Å²) in [6.45, 7) is -0.511. The zero-order valence-corrected chi connectivity index (χ0v) is 12.0. The topological polar surface area (TPSA) is 55.4 Å². The Kier molecular flexibility index (Phi) is 5.57. The average Bonchev–Trinajstić information content (AvgIpc) is 2.51. The van der Waals surface area contributed by atoms with Crippen molar-refractivity contribution in [1.29, 1.82) is 0 Å². The van der Waals surface area contributed by atoms with Crippen molar-refractivity contribution in [2.75, 3.05) is 11.9 Å². The summed E-state index contributed by atoms with van der Waals surface area (Å²) >= 11 is 0. The predicted molar refractivity (Wildman–Crippen MR) is 81.4 cm³/mol. The lowest BCUT2D eigenvalue weighted by Crippen LogP contribution is -2.20. The Morgan fingerprint density at radius 1 is 1.04 bits per heavy atom. The zero-order valence-electron chi connectivity index (χ0n) is 12.0. The number of carbonyl (C=O) groups is 2. The molecule has 0 heterocycles. The number of amides is 1. The summed E-state index contributed by atoms with van der Waals surface area (Å²) in [5.74, 6) is -2.25. The Bertz CT molecular complexity index is 744. The molecule has 118 valence electrons. The lowest BCUT2D eigenvalue weighted by Gasteiger charge is -2.05. The minimum absolute atomic E-state index is 0.265. The van der Waals surface area contributed by atoms with Crippen LogP contribution in [-0.2, 0) is 14.3 Å². The van der Waals surface area contributed by atoms with Crippen molar-refractivity contribution >= 4 is 23.6 Å². The van der Waals surface area contributed by atoms with Gasteiger partial charge in [-0.1, -0.05) is 18.2 Å². The fourth-order valence-electron chi connectivity index (χ4n) is 1.72. The van der Waals surface area contributed by atoms with E-state index in [4.69, 9.17) is 4.74 Å². The highest BCUT2D eigenvalue weighted by molar-refractivity contribution is 5.94. The minimum Gasteiger partial charge on any atom is -0.452 e. The number of rotatable bonds is 5. The number of hydrogen-bond donors (Lipinski definition) is 1. The van der Waals surface area contributed by atoms with Crippen LogP contribution >= 0.6 is 0 Å². The van der Waals surface area contributed by atoms with Crippen molar-refractivity contribution in [2.24, 2.45) is 0 Å². The molecule has 0 aliphatic carbocycles. The Labute approximate surface area is 131 Å². The van der Waals surface area contributed by atoms with Crippen molar-refractivity contribution in [2.45, 2.75) is 0 Å². The number of halogens is 2. The second-order valence-electron chi connectivity index (χ2n) is 4.55. The van der Waals surface area contributed by atoms with Gasteiger partial charge in [0.15, 0.2) is 6.61 Å². The maximum atomic E-state index is 13.0. The van der Waals surface area contributed by atoms with Gasteiger partial charge in [0.25, 0.3) is 5.91 Å². The van der Waals surface area contributed by atoms with E-state index in [-0.39, 0.29) is 5.69 Å². The van der Waals surface area contributed by atoms with Crippen LogP contribution in [0.1, 0.15) is 5.56 Å². The van der Waals surface area contributed by atoms with Crippen molar-refractivity contribution in [3.63, 3.8) is 0 Å². The van der Waals surface area contributed by atoms with Crippen LogP contribution in [0.3, 0.4) is 0 Å². The molecule has 4 nitrogen and oxygen atoms in total. The van der Waals surface area contributed by atoms with Gasteiger partial charge < -0.3 is 10.1 Å². The summed E-state index contributed by atoms with van der Waals surface area (Å²) < 4.78 is 30.6. The van der Waals surface area contributed by atoms with Gasteiger partial charge in [-0.2, -0.15) is 0 Å². The van der Waals surface area contributed by atoms with E-state index >= 15 is 0 Å². The van der Waals surface area contributed by atoms with E-state index in [1.165, 1.54) is 42.5 Å². The van der Waals surface area contributed by atoms with Crippen LogP contribution in [0.2, 0.25) is 0 Å². The molecule has 0 fully saturated rings. The first kappa shape index (κ1) is 16.4. The van der Waals surface area contributed by atoms with Crippen molar-refractivity contribution in [3.8, 4) is 0 Å². The third kappa shape index (κ3) is 5.70. The Hall–Kier alpha value is -3.02. The molecule has 0 unspecified atom stereocenters. The van der Waals surface area contributed by atoms with Gasteiger partial charge in [-0.25, -0.2) is 13.6 Å². The monoisotopic (exact) mass is 317 g/mol. The minimum atomic E-state index is -0.747. The van der Waals surface area contributed by atoms with Crippen molar-refractivity contribution < 1.29 is 23.1 Å². The molecule has 2 aromatic rings. The van der Waals surface area contributed by atoms with Gasteiger partial charge in [0.1, 0.15) is 11.6 Å². The number of nitrogens with one attached hydrogen (secondary N) is 1. The van der Waals surface area contributed by atoms with E-state index in [1.807, 2.05) is 0 Å². The molecule has 0 atom stereocenters. The van der Waals surface area contributed by atoms with Crippen molar-refractivity contribution in [3.05, 3.63) is 71.8 Å². The smallest absolute Gasteiger partial charge is 0.331 e. The Morgan fingerprint density at radius 2 is 1.74 bits per heavy atom. The number of esters is 1. The van der Waals surface area contributed by atoms with E-state index in [0.29, 0.717) is 5.56 Å². The summed E-state index contributed by atoms with van der Waals surface area (Å²) in [5, 5.41) is 2.39. The molecule has 0 bridgehead atoms. The van der Waals surface area contributed by atoms with Gasteiger partial charge in [-0.3, -0.25) is 4.79 Å². The lowest BCUT2D eigenvalue weighted by molar-refractivity contribution is -0.142. The van der Waals surface area contributed by atoms with E-state index in [9.17, 15) is 18.4 Å². The standard InChI is InChI=1S/C17H13F2NO3/c18-13-4-1-3-12(9-13)7-8-17(22)23-11-16(21)20-15-6-2-5-14(19)10-15/h1-10H,11H2,(H,20,21)/b8-7+. The zero-order chi connectivity index (χ0) is 16.7. The molecular weight excluding hydrogens is 304 g/mol. The summed E-state index contributed by atoms with van der Waals surface area (Å²) in [4.78, 5) is 23.0. The van der Waals surface area contributed by atoms with E-state index in [1.54, 1.807) is 6.07 Å². The number of benzene rings is 2. The number of carbonyl (C=O) groups excluding carboxylic acids is 2. The highest BCUT2D eigenvalue weighted by atomic mass is 19.1. The quantitative estimate of drug-likeness (QED) is 0.681. The molecule has 2 aromatic carbocycles. The van der Waals surface area contributed by atoms with Crippen LogP contribution in [0.4, 0.5) is 14.5 Å². The molecular formula is C17H13F2NO3. The maximum Gasteiger partial charge on any atom is 0.331 e. The summed E-state index contributed by atoms with van der Waals surface area (Å²) in [6.07, 6.45) is 2.46. The molecule has 23 heavy (non-hydrogen) atoms. The van der Waals surface area contributed by atoms with Gasteiger partial charge in [-0.15, -0.1) is 0 Å².